The van der Waals surface area contributed by atoms with Gasteiger partial charge in [-0.1, -0.05) is 25.6 Å². The summed E-state index contributed by atoms with van der Waals surface area (Å²) in [5, 5.41) is 9.73. The number of thioether (sulfide) groups is 1. The molecule has 3 rings (SSSR count). The molecule has 0 saturated carbocycles. The van der Waals surface area contributed by atoms with Crippen molar-refractivity contribution in [3.05, 3.63) is 29.7 Å². The van der Waals surface area contributed by atoms with Crippen LogP contribution < -0.4 is 0 Å². The van der Waals surface area contributed by atoms with Gasteiger partial charge in [-0.2, -0.15) is 9.39 Å². The number of nitrogens with zero attached hydrogens (tertiary/aromatic N) is 3. The van der Waals surface area contributed by atoms with Crippen molar-refractivity contribution in [1.29, 1.82) is 5.41 Å². The van der Waals surface area contributed by atoms with Gasteiger partial charge in [-0.25, -0.2) is 4.90 Å². The molecule has 1 aromatic heterocycles. The third-order valence-corrected chi connectivity index (χ3v) is 4.44. The van der Waals surface area contributed by atoms with Crippen LogP contribution in [0.2, 0.25) is 0 Å². The minimum atomic E-state index is -0.443. The number of hydrogen-bond donors (Lipinski definition) is 1. The lowest BCUT2D eigenvalue weighted by Gasteiger charge is -2.24. The summed E-state index contributed by atoms with van der Waals surface area (Å²) < 4.78 is 9.49. The van der Waals surface area contributed by atoms with E-state index >= 15 is 0 Å². The number of furan rings is 1. The number of nitrogens with one attached hydrogen (secondary N) is 1. The van der Waals surface area contributed by atoms with E-state index in [-0.39, 0.29) is 11.4 Å². The van der Waals surface area contributed by atoms with Crippen molar-refractivity contribution >= 4 is 51.9 Å². The molecule has 0 radical (unpaired) electrons. The standard InChI is InChI=1S/C13H12N4O2S2/c1-7(2)20-13-16-21-12-15-11(18)9(10(14)17(12)13)6-8-4-3-5-19-8/h3-7,14H,1-2H3/b9-6-,14-10?. The molecule has 2 aliphatic heterocycles. The van der Waals surface area contributed by atoms with Gasteiger partial charge >= 0.3 is 0 Å². The molecule has 1 aromatic rings. The highest BCUT2D eigenvalue weighted by Gasteiger charge is 2.37. The first kappa shape index (κ1) is 14.2. The van der Waals surface area contributed by atoms with Gasteiger partial charge in [0.25, 0.3) is 5.91 Å². The molecule has 0 aliphatic carbocycles. The summed E-state index contributed by atoms with van der Waals surface area (Å²) >= 11 is 2.66. The zero-order valence-electron chi connectivity index (χ0n) is 11.4. The van der Waals surface area contributed by atoms with Crippen LogP contribution in [0.15, 0.2) is 37.8 Å². The lowest BCUT2D eigenvalue weighted by Crippen LogP contribution is -2.41. The van der Waals surface area contributed by atoms with Crippen molar-refractivity contribution in [3.8, 4) is 0 Å². The molecular formula is C13H12N4O2S2. The molecule has 1 amide bonds. The molecule has 0 fully saturated rings. The Morgan fingerprint density at radius 3 is 3.00 bits per heavy atom. The van der Waals surface area contributed by atoms with Gasteiger partial charge in [0, 0.05) is 5.25 Å². The molecule has 2 aliphatic rings. The predicted octanol–water partition coefficient (Wildman–Crippen LogP) is 3.00. The van der Waals surface area contributed by atoms with Gasteiger partial charge in [0.1, 0.15) is 11.6 Å². The largest absolute Gasteiger partial charge is 0.465 e. The minimum Gasteiger partial charge on any atom is -0.465 e. The average Bonchev–Trinajstić information content (AvgIpc) is 3.04. The molecular weight excluding hydrogens is 308 g/mol. The Hall–Kier alpha value is -1.80. The van der Waals surface area contributed by atoms with E-state index < -0.39 is 5.91 Å². The number of rotatable bonds is 2. The molecule has 0 aromatic carbocycles. The summed E-state index contributed by atoms with van der Waals surface area (Å²) in [6.07, 6.45) is 3.05. The zero-order valence-corrected chi connectivity index (χ0v) is 13.0. The van der Waals surface area contributed by atoms with E-state index in [2.05, 4.69) is 9.39 Å². The van der Waals surface area contributed by atoms with E-state index in [0.29, 0.717) is 21.3 Å². The molecule has 6 nitrogen and oxygen atoms in total. The lowest BCUT2D eigenvalue weighted by molar-refractivity contribution is -0.114. The molecule has 21 heavy (non-hydrogen) atoms. The number of amides is 1. The molecule has 0 unspecified atom stereocenters. The summed E-state index contributed by atoms with van der Waals surface area (Å²) in [7, 11) is 0. The number of carbonyl (C=O) groups is 1. The fourth-order valence-corrected chi connectivity index (χ4v) is 3.48. The Kier molecular flexibility index (Phi) is 3.73. The predicted molar refractivity (Wildman–Crippen MR) is 86.4 cm³/mol. The van der Waals surface area contributed by atoms with E-state index in [4.69, 9.17) is 9.83 Å². The first-order chi connectivity index (χ1) is 10.1. The van der Waals surface area contributed by atoms with Crippen LogP contribution in [0.3, 0.4) is 0 Å². The SMILES string of the molecule is CC(C)SC1=NSC2=NC(=O)/C(=C\c3ccco3)C(=N)N21. The van der Waals surface area contributed by atoms with Gasteiger partial charge in [-0.3, -0.25) is 10.2 Å². The van der Waals surface area contributed by atoms with E-state index in [1.165, 1.54) is 24.1 Å². The second-order valence-corrected chi connectivity index (χ2v) is 6.86. The highest BCUT2D eigenvalue weighted by atomic mass is 32.2. The van der Waals surface area contributed by atoms with Crippen molar-refractivity contribution in [2.45, 2.75) is 19.1 Å². The topological polar surface area (TPSA) is 82.0 Å². The van der Waals surface area contributed by atoms with Crippen LogP contribution in [0, 0.1) is 5.41 Å². The van der Waals surface area contributed by atoms with Gasteiger partial charge in [-0.05, 0) is 18.2 Å². The van der Waals surface area contributed by atoms with Crippen molar-refractivity contribution in [2.75, 3.05) is 0 Å². The average molecular weight is 320 g/mol. The summed E-state index contributed by atoms with van der Waals surface area (Å²) in [5.41, 5.74) is 0.202. The van der Waals surface area contributed by atoms with Crippen molar-refractivity contribution in [1.82, 2.24) is 4.90 Å². The second-order valence-electron chi connectivity index (χ2n) is 4.59. The maximum atomic E-state index is 12.1. The van der Waals surface area contributed by atoms with Crippen LogP contribution in [0.25, 0.3) is 6.08 Å². The van der Waals surface area contributed by atoms with E-state index in [1.807, 2.05) is 13.8 Å². The fourth-order valence-electron chi connectivity index (χ4n) is 1.80. The monoisotopic (exact) mass is 320 g/mol. The maximum Gasteiger partial charge on any atom is 0.283 e. The molecule has 108 valence electrons. The van der Waals surface area contributed by atoms with Crippen LogP contribution in [-0.2, 0) is 4.79 Å². The summed E-state index contributed by atoms with van der Waals surface area (Å²) in [4.78, 5) is 17.7. The molecule has 8 heteroatoms. The first-order valence-electron chi connectivity index (χ1n) is 6.25. The molecule has 0 atom stereocenters. The Labute approximate surface area is 130 Å². The maximum absolute atomic E-state index is 12.1. The van der Waals surface area contributed by atoms with Crippen LogP contribution in [-0.4, -0.2) is 32.2 Å². The Balaban J connectivity index is 1.96. The summed E-state index contributed by atoms with van der Waals surface area (Å²) in [6.45, 7) is 4.09. The Morgan fingerprint density at radius 2 is 2.33 bits per heavy atom. The lowest BCUT2D eigenvalue weighted by atomic mass is 10.1. The van der Waals surface area contributed by atoms with Gasteiger partial charge in [0.05, 0.1) is 23.8 Å². The van der Waals surface area contributed by atoms with Crippen molar-refractivity contribution in [2.24, 2.45) is 9.39 Å². The second kappa shape index (κ2) is 5.53. The molecule has 0 spiro atoms. The van der Waals surface area contributed by atoms with Crippen LogP contribution in [0.1, 0.15) is 19.6 Å². The number of amidine groups is 3. The Bertz CT molecular complexity index is 689. The number of hydrogen-bond acceptors (Lipinski definition) is 6. The quantitative estimate of drug-likeness (QED) is 0.669. The normalized spacial score (nSPS) is 20.1. The number of fused-ring (bicyclic) bond motifs is 1. The first-order valence-corrected chi connectivity index (χ1v) is 7.90. The van der Waals surface area contributed by atoms with Gasteiger partial charge in [0.2, 0.25) is 5.17 Å². The highest BCUT2D eigenvalue weighted by molar-refractivity contribution is 8.19. The molecule has 0 saturated heterocycles. The van der Waals surface area contributed by atoms with Crippen LogP contribution in [0.5, 0.6) is 0 Å². The Morgan fingerprint density at radius 1 is 1.52 bits per heavy atom. The van der Waals surface area contributed by atoms with Crippen molar-refractivity contribution in [3.63, 3.8) is 0 Å². The molecule has 1 N–H and O–H groups in total. The molecule has 3 heterocycles. The van der Waals surface area contributed by atoms with Crippen molar-refractivity contribution < 1.29 is 9.21 Å². The third kappa shape index (κ3) is 2.68. The van der Waals surface area contributed by atoms with E-state index in [9.17, 15) is 4.79 Å². The highest BCUT2D eigenvalue weighted by Crippen LogP contribution is 2.33. The van der Waals surface area contributed by atoms with Crippen LogP contribution >= 0.6 is 23.7 Å². The van der Waals surface area contributed by atoms with E-state index in [1.54, 1.807) is 17.0 Å². The summed E-state index contributed by atoms with van der Waals surface area (Å²) in [5.74, 6) is 0.156. The van der Waals surface area contributed by atoms with Crippen LogP contribution in [0.4, 0.5) is 0 Å². The number of aliphatic imine (C=N–C) groups is 1. The van der Waals surface area contributed by atoms with Gasteiger partial charge < -0.3 is 4.42 Å². The van der Waals surface area contributed by atoms with Gasteiger partial charge in [0.15, 0.2) is 5.17 Å². The smallest absolute Gasteiger partial charge is 0.283 e. The number of carbonyl (C=O) groups excluding carboxylic acids is 1. The van der Waals surface area contributed by atoms with E-state index in [0.717, 1.165) is 11.9 Å². The summed E-state index contributed by atoms with van der Waals surface area (Å²) in [6, 6.07) is 3.45. The zero-order chi connectivity index (χ0) is 15.0. The third-order valence-electron chi connectivity index (χ3n) is 2.67. The molecule has 0 bridgehead atoms. The minimum absolute atomic E-state index is 0.0818. The van der Waals surface area contributed by atoms with Gasteiger partial charge in [-0.15, -0.1) is 0 Å². The fraction of sp³-hybridized carbons (Fsp3) is 0.231.